The van der Waals surface area contributed by atoms with Crippen LogP contribution >= 0.6 is 0 Å². The van der Waals surface area contributed by atoms with Crippen molar-refractivity contribution in [3.63, 3.8) is 0 Å². The predicted molar refractivity (Wildman–Crippen MR) is 111 cm³/mol. The second kappa shape index (κ2) is 8.89. The van der Waals surface area contributed by atoms with Gasteiger partial charge in [0, 0.05) is 11.6 Å². The smallest absolute Gasteiger partial charge is 0.481 e. The van der Waals surface area contributed by atoms with Crippen molar-refractivity contribution in [1.29, 1.82) is 0 Å². The first kappa shape index (κ1) is 22.8. The molecular weight excluding hydrogens is 459 g/mol. The largest absolute Gasteiger partial charge is 0.573 e. The number of halogens is 3. The van der Waals surface area contributed by atoms with Crippen molar-refractivity contribution in [1.82, 2.24) is 15.0 Å². The number of hydrogen-bond acceptors (Lipinski definition) is 8. The molecule has 9 nitrogen and oxygen atoms in total. The first-order chi connectivity index (χ1) is 16.1. The number of carboxylic acids is 1. The molecule has 0 bridgehead atoms. The highest BCUT2D eigenvalue weighted by atomic mass is 19.4. The third-order valence-electron chi connectivity index (χ3n) is 4.42. The summed E-state index contributed by atoms with van der Waals surface area (Å²) in [5.74, 6) is -0.816. The predicted octanol–water partition coefficient (Wildman–Crippen LogP) is 5.06. The van der Waals surface area contributed by atoms with Gasteiger partial charge in [-0.2, -0.15) is 4.98 Å². The molecule has 12 heteroatoms. The highest BCUT2D eigenvalue weighted by Gasteiger charge is 2.31. The van der Waals surface area contributed by atoms with Gasteiger partial charge in [-0.15, -0.1) is 13.2 Å². The molecule has 0 amide bonds. The topological polar surface area (TPSA) is 117 Å². The van der Waals surface area contributed by atoms with Crippen LogP contribution in [0.2, 0.25) is 0 Å². The fraction of sp³-hybridized carbons (Fsp3) is 0.182. The number of aliphatic carboxylic acids is 1. The Bertz CT molecular complexity index is 1350. The van der Waals surface area contributed by atoms with Gasteiger partial charge in [-0.1, -0.05) is 6.07 Å². The van der Waals surface area contributed by atoms with Gasteiger partial charge in [0.1, 0.15) is 22.8 Å². The van der Waals surface area contributed by atoms with E-state index in [9.17, 15) is 18.0 Å². The van der Waals surface area contributed by atoms with E-state index in [0.29, 0.717) is 28.0 Å². The van der Waals surface area contributed by atoms with Gasteiger partial charge in [-0.3, -0.25) is 0 Å². The number of aryl methyl sites for hydroxylation is 2. The minimum Gasteiger partial charge on any atom is -0.481 e. The number of carbonyl (C=O) groups is 1. The molecule has 0 aliphatic carbocycles. The molecule has 0 aliphatic rings. The summed E-state index contributed by atoms with van der Waals surface area (Å²) < 4.78 is 57.6. The Morgan fingerprint density at radius 1 is 1.09 bits per heavy atom. The third-order valence-corrected chi connectivity index (χ3v) is 4.42. The van der Waals surface area contributed by atoms with E-state index in [0.717, 1.165) is 12.1 Å². The average molecular weight is 475 g/mol. The second-order valence-electron chi connectivity index (χ2n) is 7.11. The fourth-order valence-electron chi connectivity index (χ4n) is 3.17. The monoisotopic (exact) mass is 475 g/mol. The molecule has 0 unspecified atom stereocenters. The molecule has 2 aromatic carbocycles. The summed E-state index contributed by atoms with van der Waals surface area (Å²) in [5.41, 5.74) is 2.42. The molecule has 0 radical (unpaired) electrons. The lowest BCUT2D eigenvalue weighted by molar-refractivity contribution is -0.274. The van der Waals surface area contributed by atoms with Crippen LogP contribution in [-0.4, -0.2) is 39.0 Å². The van der Waals surface area contributed by atoms with E-state index in [1.54, 1.807) is 26.0 Å². The Hall–Kier alpha value is -4.35. The minimum absolute atomic E-state index is 0.0315. The number of hydrogen-bond donors (Lipinski definition) is 1. The summed E-state index contributed by atoms with van der Waals surface area (Å²) >= 11 is 0. The minimum atomic E-state index is -4.83. The summed E-state index contributed by atoms with van der Waals surface area (Å²) in [5, 5.41) is 8.82. The molecule has 0 atom stereocenters. The van der Waals surface area contributed by atoms with Crippen molar-refractivity contribution >= 4 is 17.2 Å². The SMILES string of the molecule is Cc1cc(-c2nc3cnc(Oc4cccc(OC(F)(F)F)c4)nc3o2)cc(C)c1OCC(=O)O. The maximum absolute atomic E-state index is 12.4. The van der Waals surface area contributed by atoms with E-state index >= 15 is 0 Å². The standard InChI is InChI=1S/C22H16F3N3O6/c1-11-6-13(7-12(2)18(11)31-10-17(29)30)19-27-16-9-26-21(28-20(16)33-19)32-14-4-3-5-15(8-14)34-22(23,24)25/h3-9H,10H2,1-2H3,(H,29,30). The van der Waals surface area contributed by atoms with Gasteiger partial charge in [0.05, 0.1) is 6.20 Å². The zero-order valence-corrected chi connectivity index (χ0v) is 17.7. The van der Waals surface area contributed by atoms with Gasteiger partial charge in [-0.25, -0.2) is 14.8 Å². The van der Waals surface area contributed by atoms with Crippen LogP contribution in [0.15, 0.2) is 47.0 Å². The number of carboxylic acid groups (broad SMARTS) is 1. The lowest BCUT2D eigenvalue weighted by Crippen LogP contribution is -2.17. The quantitative estimate of drug-likeness (QED) is 0.392. The van der Waals surface area contributed by atoms with Crippen LogP contribution in [-0.2, 0) is 4.79 Å². The molecular formula is C22H16F3N3O6. The zero-order valence-electron chi connectivity index (χ0n) is 17.7. The van der Waals surface area contributed by atoms with Gasteiger partial charge >= 0.3 is 18.3 Å². The molecule has 34 heavy (non-hydrogen) atoms. The van der Waals surface area contributed by atoms with Crippen molar-refractivity contribution in [3.05, 3.63) is 53.7 Å². The van der Waals surface area contributed by atoms with Gasteiger partial charge in [-0.05, 0) is 49.2 Å². The number of rotatable bonds is 7. The normalized spacial score (nSPS) is 11.4. The Balaban J connectivity index is 1.57. The zero-order chi connectivity index (χ0) is 24.5. The van der Waals surface area contributed by atoms with Crippen molar-refractivity contribution < 1.29 is 41.7 Å². The summed E-state index contributed by atoms with van der Waals surface area (Å²) in [6.07, 6.45) is -3.48. The van der Waals surface area contributed by atoms with Crippen LogP contribution in [0.1, 0.15) is 11.1 Å². The third kappa shape index (κ3) is 5.34. The Morgan fingerprint density at radius 3 is 2.47 bits per heavy atom. The van der Waals surface area contributed by atoms with E-state index in [1.807, 2.05) is 0 Å². The van der Waals surface area contributed by atoms with E-state index < -0.39 is 24.7 Å². The van der Waals surface area contributed by atoms with Crippen LogP contribution in [0.25, 0.3) is 22.7 Å². The number of nitrogens with zero attached hydrogens (tertiary/aromatic N) is 3. The Morgan fingerprint density at radius 2 is 1.79 bits per heavy atom. The maximum Gasteiger partial charge on any atom is 0.573 e. The van der Waals surface area contributed by atoms with Crippen LogP contribution in [0.3, 0.4) is 0 Å². The number of ether oxygens (including phenoxy) is 3. The molecule has 2 heterocycles. The first-order valence-electron chi connectivity index (χ1n) is 9.71. The van der Waals surface area contributed by atoms with E-state index in [-0.39, 0.29) is 23.4 Å². The highest BCUT2D eigenvalue weighted by molar-refractivity contribution is 5.73. The molecule has 0 fully saturated rings. The van der Waals surface area contributed by atoms with Gasteiger partial charge < -0.3 is 23.7 Å². The number of benzene rings is 2. The molecule has 0 saturated carbocycles. The van der Waals surface area contributed by atoms with Gasteiger partial charge in [0.2, 0.25) is 5.89 Å². The van der Waals surface area contributed by atoms with Crippen LogP contribution in [0, 0.1) is 13.8 Å². The first-order valence-corrected chi connectivity index (χ1v) is 9.71. The molecule has 0 spiro atoms. The van der Waals surface area contributed by atoms with Crippen molar-refractivity contribution in [2.45, 2.75) is 20.2 Å². The lowest BCUT2D eigenvalue weighted by Gasteiger charge is -2.11. The van der Waals surface area contributed by atoms with Crippen LogP contribution < -0.4 is 14.2 Å². The number of oxazole rings is 1. The average Bonchev–Trinajstić information content (AvgIpc) is 3.15. The van der Waals surface area contributed by atoms with Crippen molar-refractivity contribution in [2.75, 3.05) is 6.61 Å². The van der Waals surface area contributed by atoms with Crippen LogP contribution in [0.5, 0.6) is 23.3 Å². The molecule has 4 aromatic rings. The molecule has 1 N–H and O–H groups in total. The van der Waals surface area contributed by atoms with E-state index in [1.165, 1.54) is 18.3 Å². The van der Waals surface area contributed by atoms with E-state index in [4.69, 9.17) is 19.0 Å². The summed E-state index contributed by atoms with van der Waals surface area (Å²) in [6, 6.07) is 8.22. The lowest BCUT2D eigenvalue weighted by atomic mass is 10.1. The van der Waals surface area contributed by atoms with Crippen molar-refractivity contribution in [3.8, 4) is 34.7 Å². The Kier molecular flexibility index (Phi) is 5.97. The molecule has 4 rings (SSSR count). The number of aromatic nitrogens is 3. The fourth-order valence-corrected chi connectivity index (χ4v) is 3.17. The summed E-state index contributed by atoms with van der Waals surface area (Å²) in [4.78, 5) is 23.2. The summed E-state index contributed by atoms with van der Waals surface area (Å²) in [6.45, 7) is 3.06. The number of alkyl halides is 3. The molecule has 0 aliphatic heterocycles. The molecule has 0 saturated heterocycles. The van der Waals surface area contributed by atoms with Crippen LogP contribution in [0.4, 0.5) is 13.2 Å². The molecule has 176 valence electrons. The van der Waals surface area contributed by atoms with Gasteiger partial charge in [0.15, 0.2) is 6.61 Å². The van der Waals surface area contributed by atoms with E-state index in [2.05, 4.69) is 19.7 Å². The highest BCUT2D eigenvalue weighted by Crippen LogP contribution is 2.32. The number of fused-ring (bicyclic) bond motifs is 1. The summed E-state index contributed by atoms with van der Waals surface area (Å²) in [7, 11) is 0. The Labute approximate surface area is 189 Å². The second-order valence-corrected chi connectivity index (χ2v) is 7.11. The molecule has 2 aromatic heterocycles. The van der Waals surface area contributed by atoms with Gasteiger partial charge in [0.25, 0.3) is 5.71 Å². The maximum atomic E-state index is 12.4. The van der Waals surface area contributed by atoms with Crippen molar-refractivity contribution in [2.24, 2.45) is 0 Å².